The van der Waals surface area contributed by atoms with Crippen LogP contribution < -0.4 is 15.6 Å². The highest BCUT2D eigenvalue weighted by Crippen LogP contribution is 2.43. The third-order valence-corrected chi connectivity index (χ3v) is 7.03. The minimum absolute atomic E-state index is 0.00702. The molecule has 3 aromatic heterocycles. The lowest BCUT2D eigenvalue weighted by molar-refractivity contribution is -0.191. The first-order valence-corrected chi connectivity index (χ1v) is 11.8. The Kier molecular flexibility index (Phi) is 6.34. The standard InChI is InChI=1S/C24H22F5N5O4/c25-12-7-15(26)21(30-8-12)34-9-14(22(38)32-23(24(27,28)29)5-1-2-6-23)19(37)13-3-4-18(31-20(13)34)33-10-16(35)17(36)11-33/h3-4,7-9,16-17,35-36H,1-2,5-6,10-11H2,(H,32,38)/t16-,17-/m1/s1. The van der Waals surface area contributed by atoms with E-state index in [2.05, 4.69) is 9.97 Å². The summed E-state index contributed by atoms with van der Waals surface area (Å²) in [5.74, 6) is -3.85. The molecule has 3 N–H and O–H groups in total. The van der Waals surface area contributed by atoms with Gasteiger partial charge in [-0.25, -0.2) is 18.7 Å². The van der Waals surface area contributed by atoms with E-state index in [0.717, 1.165) is 10.8 Å². The molecule has 9 nitrogen and oxygen atoms in total. The van der Waals surface area contributed by atoms with Crippen molar-refractivity contribution in [2.75, 3.05) is 18.0 Å². The van der Waals surface area contributed by atoms with Crippen LogP contribution in [-0.4, -0.2) is 67.7 Å². The number of hydrogen-bond donors (Lipinski definition) is 3. The number of aliphatic hydroxyl groups is 2. The Balaban J connectivity index is 1.67. The number of aromatic nitrogens is 3. The molecule has 0 unspecified atom stereocenters. The van der Waals surface area contributed by atoms with Gasteiger partial charge in [-0.3, -0.25) is 14.2 Å². The number of pyridine rings is 3. The normalized spacial score (nSPS) is 21.3. The van der Waals surface area contributed by atoms with E-state index in [1.165, 1.54) is 17.0 Å². The monoisotopic (exact) mass is 539 g/mol. The van der Waals surface area contributed by atoms with Crippen LogP contribution >= 0.6 is 0 Å². The van der Waals surface area contributed by atoms with Crippen molar-refractivity contribution in [3.63, 3.8) is 0 Å². The van der Waals surface area contributed by atoms with E-state index in [4.69, 9.17) is 0 Å². The number of alkyl halides is 3. The Morgan fingerprint density at radius 3 is 2.37 bits per heavy atom. The molecule has 202 valence electrons. The molecule has 0 bridgehead atoms. The summed E-state index contributed by atoms with van der Waals surface area (Å²) >= 11 is 0. The Morgan fingerprint density at radius 1 is 1.11 bits per heavy atom. The molecule has 4 heterocycles. The molecule has 0 spiro atoms. The number of hydrogen-bond acceptors (Lipinski definition) is 7. The van der Waals surface area contributed by atoms with E-state index in [-0.39, 0.29) is 55.6 Å². The average molecular weight is 539 g/mol. The van der Waals surface area contributed by atoms with Crippen LogP contribution in [0.5, 0.6) is 0 Å². The number of amides is 1. The van der Waals surface area contributed by atoms with Gasteiger partial charge in [0.15, 0.2) is 17.3 Å². The second-order valence-corrected chi connectivity index (χ2v) is 9.52. The van der Waals surface area contributed by atoms with Crippen molar-refractivity contribution in [1.29, 1.82) is 0 Å². The average Bonchev–Trinajstić information content (AvgIpc) is 3.46. The highest BCUT2D eigenvalue weighted by atomic mass is 19.4. The van der Waals surface area contributed by atoms with Crippen LogP contribution in [0.15, 0.2) is 35.4 Å². The van der Waals surface area contributed by atoms with Crippen molar-refractivity contribution < 1.29 is 37.0 Å². The molecule has 0 aromatic carbocycles. The molecule has 3 aromatic rings. The van der Waals surface area contributed by atoms with Gasteiger partial charge >= 0.3 is 6.18 Å². The number of anilines is 1. The van der Waals surface area contributed by atoms with Gasteiger partial charge in [0.1, 0.15) is 22.7 Å². The number of carbonyl (C=O) groups is 1. The molecule has 1 saturated heterocycles. The fraction of sp³-hybridized carbons (Fsp3) is 0.417. The Labute approximate surface area is 211 Å². The Hall–Kier alpha value is -3.65. The topological polar surface area (TPSA) is 121 Å². The molecule has 1 saturated carbocycles. The molecule has 5 rings (SSSR count). The van der Waals surface area contributed by atoms with E-state index in [1.807, 2.05) is 5.32 Å². The largest absolute Gasteiger partial charge is 0.411 e. The molecular formula is C24H22F5N5O4. The highest BCUT2D eigenvalue weighted by Gasteiger charge is 2.57. The van der Waals surface area contributed by atoms with Gasteiger partial charge in [-0.2, -0.15) is 13.2 Å². The molecule has 1 aliphatic heterocycles. The van der Waals surface area contributed by atoms with Gasteiger partial charge in [0.05, 0.1) is 23.8 Å². The van der Waals surface area contributed by atoms with Gasteiger partial charge in [0, 0.05) is 25.4 Å². The minimum Gasteiger partial charge on any atom is -0.389 e. The van der Waals surface area contributed by atoms with Crippen molar-refractivity contribution in [3.8, 4) is 5.82 Å². The van der Waals surface area contributed by atoms with Crippen LogP contribution in [0.1, 0.15) is 36.0 Å². The van der Waals surface area contributed by atoms with E-state index < -0.39 is 58.3 Å². The third kappa shape index (κ3) is 4.36. The van der Waals surface area contributed by atoms with Crippen molar-refractivity contribution in [3.05, 3.63) is 58.0 Å². The molecule has 2 aliphatic rings. The van der Waals surface area contributed by atoms with Gasteiger partial charge in [-0.15, -0.1) is 0 Å². The van der Waals surface area contributed by atoms with Gasteiger partial charge in [-0.1, -0.05) is 12.8 Å². The van der Waals surface area contributed by atoms with Crippen LogP contribution in [-0.2, 0) is 0 Å². The molecule has 0 radical (unpaired) electrons. The number of rotatable bonds is 4. The predicted octanol–water partition coefficient (Wildman–Crippen LogP) is 2.21. The fourth-order valence-corrected chi connectivity index (χ4v) is 4.98. The van der Waals surface area contributed by atoms with Crippen LogP contribution in [0.3, 0.4) is 0 Å². The first-order valence-electron chi connectivity index (χ1n) is 11.8. The number of nitrogens with one attached hydrogen (secondary N) is 1. The number of fused-ring (bicyclic) bond motifs is 1. The summed E-state index contributed by atoms with van der Waals surface area (Å²) in [4.78, 5) is 35.9. The van der Waals surface area contributed by atoms with Gasteiger partial charge in [-0.05, 0) is 25.0 Å². The maximum Gasteiger partial charge on any atom is 0.411 e. The maximum atomic E-state index is 14.8. The molecule has 2 fully saturated rings. The van der Waals surface area contributed by atoms with Crippen LogP contribution in [0, 0.1) is 11.6 Å². The quantitative estimate of drug-likeness (QED) is 0.435. The van der Waals surface area contributed by atoms with Crippen LogP contribution in [0.2, 0.25) is 0 Å². The van der Waals surface area contributed by atoms with Crippen molar-refractivity contribution >= 4 is 22.8 Å². The summed E-state index contributed by atoms with van der Waals surface area (Å²) in [5, 5.41) is 21.5. The first kappa shape index (κ1) is 26.0. The van der Waals surface area contributed by atoms with Gasteiger partial charge in [0.2, 0.25) is 5.43 Å². The van der Waals surface area contributed by atoms with Crippen molar-refractivity contribution in [2.24, 2.45) is 0 Å². The summed E-state index contributed by atoms with van der Waals surface area (Å²) in [7, 11) is 0. The number of carbonyl (C=O) groups excluding carboxylic acids is 1. The zero-order valence-corrected chi connectivity index (χ0v) is 19.7. The maximum absolute atomic E-state index is 14.8. The number of aliphatic hydroxyl groups excluding tert-OH is 2. The van der Waals surface area contributed by atoms with Gasteiger partial charge < -0.3 is 20.4 Å². The first-order chi connectivity index (χ1) is 17.9. The SMILES string of the molecule is O=C(NC1(C(F)(F)F)CCCC1)c1cn(-c2ncc(F)cc2F)c2nc(N3C[C@@H](O)[C@H](O)C3)ccc2c1=O. The zero-order valence-electron chi connectivity index (χ0n) is 19.7. The molecule has 1 amide bonds. The van der Waals surface area contributed by atoms with Crippen molar-refractivity contribution in [1.82, 2.24) is 19.9 Å². The minimum atomic E-state index is -4.76. The summed E-state index contributed by atoms with van der Waals surface area (Å²) in [6, 6.07) is 3.13. The van der Waals surface area contributed by atoms with E-state index in [1.54, 1.807) is 0 Å². The smallest absolute Gasteiger partial charge is 0.389 e. The second kappa shape index (κ2) is 9.27. The third-order valence-electron chi connectivity index (χ3n) is 7.03. The number of halogens is 5. The van der Waals surface area contributed by atoms with Crippen LogP contribution in [0.25, 0.3) is 16.9 Å². The molecule has 1 aliphatic carbocycles. The summed E-state index contributed by atoms with van der Waals surface area (Å²) in [6.07, 6.45) is -5.60. The lowest BCUT2D eigenvalue weighted by Crippen LogP contribution is -2.57. The zero-order chi connectivity index (χ0) is 27.4. The Morgan fingerprint density at radius 2 is 1.76 bits per heavy atom. The lowest BCUT2D eigenvalue weighted by atomic mass is 9.96. The summed E-state index contributed by atoms with van der Waals surface area (Å²) in [6.45, 7) is 0.0140. The Bertz CT molecular complexity index is 1460. The number of nitrogens with zero attached hydrogens (tertiary/aromatic N) is 4. The second-order valence-electron chi connectivity index (χ2n) is 9.52. The fourth-order valence-electron chi connectivity index (χ4n) is 4.98. The molecule has 2 atom stereocenters. The van der Waals surface area contributed by atoms with Gasteiger partial charge in [0.25, 0.3) is 5.91 Å². The lowest BCUT2D eigenvalue weighted by Gasteiger charge is -2.32. The predicted molar refractivity (Wildman–Crippen MR) is 124 cm³/mol. The van der Waals surface area contributed by atoms with Crippen molar-refractivity contribution in [2.45, 2.75) is 49.6 Å². The van der Waals surface area contributed by atoms with E-state index >= 15 is 0 Å². The highest BCUT2D eigenvalue weighted by molar-refractivity contribution is 5.97. The van der Waals surface area contributed by atoms with E-state index in [0.29, 0.717) is 12.3 Å². The molecule has 38 heavy (non-hydrogen) atoms. The molecule has 14 heteroatoms. The van der Waals surface area contributed by atoms with E-state index in [9.17, 15) is 41.8 Å². The summed E-state index contributed by atoms with van der Waals surface area (Å²) < 4.78 is 70.9. The summed E-state index contributed by atoms with van der Waals surface area (Å²) in [5.41, 5.74) is -4.38. The van der Waals surface area contributed by atoms with Crippen LogP contribution in [0.4, 0.5) is 27.8 Å². The number of β-amino-alcohol motifs (C(OH)–C–C–N with tert-alkyl or cyclic N) is 2. The molecular weight excluding hydrogens is 517 g/mol.